The Morgan fingerprint density at radius 3 is 2.65 bits per heavy atom. The molecule has 0 unspecified atom stereocenters. The van der Waals surface area contributed by atoms with Crippen molar-refractivity contribution in [1.82, 2.24) is 14.1 Å². The van der Waals surface area contributed by atoms with E-state index in [-0.39, 0.29) is 4.90 Å². The Kier molecular flexibility index (Phi) is 4.75. The van der Waals surface area contributed by atoms with Crippen molar-refractivity contribution in [2.75, 3.05) is 13.1 Å². The van der Waals surface area contributed by atoms with Gasteiger partial charge in [-0.2, -0.15) is 9.40 Å². The van der Waals surface area contributed by atoms with Gasteiger partial charge in [0.05, 0.1) is 4.90 Å². The van der Waals surface area contributed by atoms with Crippen LogP contribution in [0, 0.1) is 12.8 Å². The van der Waals surface area contributed by atoms with Gasteiger partial charge in [-0.15, -0.1) is 0 Å². The predicted octanol–water partition coefficient (Wildman–Crippen LogP) is 2.95. The van der Waals surface area contributed by atoms with Crippen molar-refractivity contribution >= 4 is 21.6 Å². The molecule has 1 fully saturated rings. The molecule has 5 nitrogen and oxygen atoms in total. The maximum absolute atomic E-state index is 12.7. The SMILES string of the molecule is Cc1ccc(S(=O)(=O)N2CCC(Cn3cccn3)CC2)cc1Cl. The van der Waals surface area contributed by atoms with E-state index < -0.39 is 10.0 Å². The molecular formula is C16H20ClN3O2S. The molecule has 0 bridgehead atoms. The molecule has 23 heavy (non-hydrogen) atoms. The Morgan fingerprint density at radius 1 is 1.30 bits per heavy atom. The summed E-state index contributed by atoms with van der Waals surface area (Å²) in [6, 6.07) is 6.83. The third kappa shape index (κ3) is 3.59. The van der Waals surface area contributed by atoms with E-state index in [1.807, 2.05) is 23.9 Å². The minimum absolute atomic E-state index is 0.277. The molecule has 1 aliphatic rings. The zero-order valence-corrected chi connectivity index (χ0v) is 14.6. The largest absolute Gasteiger partial charge is 0.272 e. The Balaban J connectivity index is 1.67. The second kappa shape index (κ2) is 6.63. The molecule has 0 spiro atoms. The van der Waals surface area contributed by atoms with Gasteiger partial charge in [0.2, 0.25) is 10.0 Å². The number of sulfonamides is 1. The Morgan fingerprint density at radius 2 is 2.04 bits per heavy atom. The molecule has 1 saturated heterocycles. The van der Waals surface area contributed by atoms with Gasteiger partial charge >= 0.3 is 0 Å². The van der Waals surface area contributed by atoms with E-state index in [0.717, 1.165) is 24.9 Å². The molecule has 0 atom stereocenters. The van der Waals surface area contributed by atoms with Gasteiger partial charge < -0.3 is 0 Å². The van der Waals surface area contributed by atoms with Crippen molar-refractivity contribution in [3.63, 3.8) is 0 Å². The van der Waals surface area contributed by atoms with Crippen LogP contribution in [0.2, 0.25) is 5.02 Å². The summed E-state index contributed by atoms with van der Waals surface area (Å²) in [7, 11) is -3.46. The van der Waals surface area contributed by atoms with Crippen LogP contribution < -0.4 is 0 Å². The van der Waals surface area contributed by atoms with Crippen molar-refractivity contribution in [2.45, 2.75) is 31.2 Å². The second-order valence-corrected chi connectivity index (χ2v) is 8.33. The van der Waals surface area contributed by atoms with Crippen molar-refractivity contribution in [2.24, 2.45) is 5.92 Å². The monoisotopic (exact) mass is 353 g/mol. The molecule has 0 saturated carbocycles. The average molecular weight is 354 g/mol. The number of nitrogens with zero attached hydrogens (tertiary/aromatic N) is 3. The first kappa shape index (κ1) is 16.5. The van der Waals surface area contributed by atoms with Crippen molar-refractivity contribution in [1.29, 1.82) is 0 Å². The van der Waals surface area contributed by atoms with Gasteiger partial charge in [-0.3, -0.25) is 4.68 Å². The molecular weight excluding hydrogens is 334 g/mol. The van der Waals surface area contributed by atoms with Crippen LogP contribution >= 0.6 is 11.6 Å². The number of halogens is 1. The first-order chi connectivity index (χ1) is 11.0. The molecule has 2 aromatic rings. The standard InChI is InChI=1S/C16H20ClN3O2S/c1-13-3-4-15(11-16(13)17)23(21,22)20-9-5-14(6-10-20)12-19-8-2-7-18-19/h2-4,7-8,11,14H,5-6,9-10,12H2,1H3. The third-order valence-corrected chi connectivity index (χ3v) is 6.66. The van der Waals surface area contributed by atoms with Gasteiger partial charge in [0.25, 0.3) is 0 Å². The van der Waals surface area contributed by atoms with Gasteiger partial charge in [0, 0.05) is 37.1 Å². The van der Waals surface area contributed by atoms with E-state index in [1.165, 1.54) is 0 Å². The smallest absolute Gasteiger partial charge is 0.243 e. The minimum Gasteiger partial charge on any atom is -0.272 e. The van der Waals surface area contributed by atoms with Crippen LogP contribution in [0.4, 0.5) is 0 Å². The van der Waals surface area contributed by atoms with Crippen LogP contribution in [0.25, 0.3) is 0 Å². The van der Waals surface area contributed by atoms with Gasteiger partial charge in [-0.25, -0.2) is 8.42 Å². The van der Waals surface area contributed by atoms with E-state index in [9.17, 15) is 8.42 Å². The topological polar surface area (TPSA) is 55.2 Å². The van der Waals surface area contributed by atoms with Gasteiger partial charge in [0.1, 0.15) is 0 Å². The van der Waals surface area contributed by atoms with Crippen LogP contribution in [0.3, 0.4) is 0 Å². The van der Waals surface area contributed by atoms with Crippen LogP contribution in [0.15, 0.2) is 41.6 Å². The normalized spacial score (nSPS) is 17.5. The third-order valence-electron chi connectivity index (χ3n) is 4.36. The quantitative estimate of drug-likeness (QED) is 0.849. The molecule has 7 heteroatoms. The number of aromatic nitrogens is 2. The Labute approximate surface area is 141 Å². The molecule has 1 aromatic heterocycles. The number of benzene rings is 1. The lowest BCUT2D eigenvalue weighted by molar-refractivity contribution is 0.247. The molecule has 1 aromatic carbocycles. The maximum atomic E-state index is 12.7. The van der Waals surface area contributed by atoms with Crippen LogP contribution in [-0.4, -0.2) is 35.6 Å². The molecule has 0 aliphatic carbocycles. The number of hydrogen-bond donors (Lipinski definition) is 0. The molecule has 1 aliphatic heterocycles. The van der Waals surface area contributed by atoms with E-state index in [4.69, 9.17) is 11.6 Å². The predicted molar refractivity (Wildman–Crippen MR) is 89.9 cm³/mol. The second-order valence-electron chi connectivity index (χ2n) is 5.99. The lowest BCUT2D eigenvalue weighted by Crippen LogP contribution is -2.39. The summed E-state index contributed by atoms with van der Waals surface area (Å²) in [4.78, 5) is 0.277. The van der Waals surface area contributed by atoms with Gasteiger partial charge in [-0.1, -0.05) is 17.7 Å². The van der Waals surface area contributed by atoms with Gasteiger partial charge in [0.15, 0.2) is 0 Å². The molecule has 0 amide bonds. The fraction of sp³-hybridized carbons (Fsp3) is 0.438. The summed E-state index contributed by atoms with van der Waals surface area (Å²) in [6.45, 7) is 3.79. The molecule has 0 N–H and O–H groups in total. The summed E-state index contributed by atoms with van der Waals surface area (Å²) in [6.07, 6.45) is 5.40. The lowest BCUT2D eigenvalue weighted by Gasteiger charge is -2.31. The van der Waals surface area contributed by atoms with E-state index >= 15 is 0 Å². The van der Waals surface area contributed by atoms with Crippen molar-refractivity contribution < 1.29 is 8.42 Å². The Hall–Kier alpha value is -1.37. The highest BCUT2D eigenvalue weighted by Crippen LogP contribution is 2.27. The van der Waals surface area contributed by atoms with E-state index in [2.05, 4.69) is 5.10 Å². The average Bonchev–Trinajstić information content (AvgIpc) is 3.03. The number of hydrogen-bond acceptors (Lipinski definition) is 3. The number of aryl methyl sites for hydroxylation is 1. The Bertz CT molecular complexity index is 767. The summed E-state index contributed by atoms with van der Waals surface area (Å²) < 4.78 is 28.9. The lowest BCUT2D eigenvalue weighted by atomic mass is 9.98. The van der Waals surface area contributed by atoms with Crippen LogP contribution in [0.1, 0.15) is 18.4 Å². The summed E-state index contributed by atoms with van der Waals surface area (Å²) in [5.74, 6) is 0.461. The zero-order chi connectivity index (χ0) is 16.4. The summed E-state index contributed by atoms with van der Waals surface area (Å²) in [5, 5.41) is 4.70. The van der Waals surface area contributed by atoms with Crippen LogP contribution in [-0.2, 0) is 16.6 Å². The van der Waals surface area contributed by atoms with Crippen LogP contribution in [0.5, 0.6) is 0 Å². The van der Waals surface area contributed by atoms with E-state index in [0.29, 0.717) is 24.0 Å². The molecule has 2 heterocycles. The van der Waals surface area contributed by atoms with E-state index in [1.54, 1.807) is 28.7 Å². The fourth-order valence-corrected chi connectivity index (χ4v) is 4.63. The highest BCUT2D eigenvalue weighted by Gasteiger charge is 2.29. The first-order valence-electron chi connectivity index (χ1n) is 7.70. The maximum Gasteiger partial charge on any atom is 0.243 e. The molecule has 0 radical (unpaired) electrons. The molecule has 3 rings (SSSR count). The van der Waals surface area contributed by atoms with Gasteiger partial charge in [-0.05, 0) is 49.4 Å². The minimum atomic E-state index is -3.46. The zero-order valence-electron chi connectivity index (χ0n) is 13.0. The highest BCUT2D eigenvalue weighted by molar-refractivity contribution is 7.89. The van der Waals surface area contributed by atoms with Crippen molar-refractivity contribution in [3.8, 4) is 0 Å². The molecule has 124 valence electrons. The fourth-order valence-electron chi connectivity index (χ4n) is 2.89. The number of rotatable bonds is 4. The first-order valence-corrected chi connectivity index (χ1v) is 9.52. The summed E-state index contributed by atoms with van der Waals surface area (Å²) >= 11 is 6.07. The number of piperidine rings is 1. The van der Waals surface area contributed by atoms with Crippen molar-refractivity contribution in [3.05, 3.63) is 47.2 Å². The highest BCUT2D eigenvalue weighted by atomic mass is 35.5. The summed E-state index contributed by atoms with van der Waals surface area (Å²) in [5.41, 5.74) is 0.878.